The predicted molar refractivity (Wildman–Crippen MR) is 78.6 cm³/mol. The van der Waals surface area contributed by atoms with Crippen LogP contribution in [0.25, 0.3) is 0 Å². The Morgan fingerprint density at radius 1 is 1.30 bits per heavy atom. The van der Waals surface area contributed by atoms with Gasteiger partial charge in [-0.2, -0.15) is 5.10 Å². The van der Waals surface area contributed by atoms with Gasteiger partial charge in [-0.3, -0.25) is 0 Å². The lowest BCUT2D eigenvalue weighted by Gasteiger charge is -2.09. The fourth-order valence-corrected chi connectivity index (χ4v) is 1.94. The number of benzene rings is 2. The van der Waals surface area contributed by atoms with Crippen LogP contribution in [0.1, 0.15) is 18.1 Å². The highest BCUT2D eigenvalue weighted by Crippen LogP contribution is 2.25. The van der Waals surface area contributed by atoms with Gasteiger partial charge < -0.3 is 10.6 Å². The normalized spacial score (nSPS) is 11.4. The first-order chi connectivity index (χ1) is 9.60. The quantitative estimate of drug-likeness (QED) is 0.530. The lowest BCUT2D eigenvalue weighted by molar-refractivity contribution is 0.306. The van der Waals surface area contributed by atoms with Crippen molar-refractivity contribution in [3.8, 4) is 5.75 Å². The summed E-state index contributed by atoms with van der Waals surface area (Å²) >= 11 is 5.90. The van der Waals surface area contributed by atoms with Crippen molar-refractivity contribution in [3.63, 3.8) is 0 Å². The lowest BCUT2D eigenvalue weighted by atomic mass is 10.1. The molecule has 0 aliphatic rings. The molecule has 5 heteroatoms. The smallest absolute Gasteiger partial charge is 0.138 e. The molecule has 2 aromatic rings. The standard InChI is InChI=1S/C15H14ClFN2O/c1-10(19-18)12-4-2-3-11(7-12)9-20-15-6-5-13(17)8-14(15)16/h2-8H,9,18H2,1H3/b19-10+. The fourth-order valence-electron chi connectivity index (χ4n) is 1.71. The highest BCUT2D eigenvalue weighted by Gasteiger charge is 2.04. The van der Waals surface area contributed by atoms with Crippen LogP contribution >= 0.6 is 11.6 Å². The minimum absolute atomic E-state index is 0.251. The first-order valence-electron chi connectivity index (χ1n) is 6.02. The second kappa shape index (κ2) is 6.39. The largest absolute Gasteiger partial charge is 0.487 e. The van der Waals surface area contributed by atoms with Crippen molar-refractivity contribution in [3.05, 3.63) is 64.4 Å². The van der Waals surface area contributed by atoms with Crippen LogP contribution in [0, 0.1) is 5.82 Å². The van der Waals surface area contributed by atoms with Crippen LogP contribution in [0.5, 0.6) is 5.75 Å². The average Bonchev–Trinajstić information content (AvgIpc) is 2.46. The van der Waals surface area contributed by atoms with Crippen molar-refractivity contribution in [2.75, 3.05) is 0 Å². The molecule has 0 fully saturated rings. The second-order valence-corrected chi connectivity index (χ2v) is 4.69. The predicted octanol–water partition coefficient (Wildman–Crippen LogP) is 3.74. The van der Waals surface area contributed by atoms with E-state index in [2.05, 4.69) is 5.10 Å². The third-order valence-electron chi connectivity index (χ3n) is 2.83. The van der Waals surface area contributed by atoms with Crippen LogP contribution in [0.2, 0.25) is 5.02 Å². The van der Waals surface area contributed by atoms with Crippen LogP contribution in [-0.2, 0) is 6.61 Å². The summed E-state index contributed by atoms with van der Waals surface area (Å²) in [4.78, 5) is 0. The Hall–Kier alpha value is -2.07. The fraction of sp³-hybridized carbons (Fsp3) is 0.133. The molecule has 3 nitrogen and oxygen atoms in total. The first kappa shape index (κ1) is 14.3. The number of hydrogen-bond acceptors (Lipinski definition) is 3. The maximum atomic E-state index is 12.9. The average molecular weight is 293 g/mol. The van der Waals surface area contributed by atoms with E-state index in [1.54, 1.807) is 0 Å². The molecule has 0 aliphatic heterocycles. The van der Waals surface area contributed by atoms with Gasteiger partial charge in [0.2, 0.25) is 0 Å². The SMILES string of the molecule is C/C(=N\N)c1cccc(COc2ccc(F)cc2Cl)c1. The molecule has 0 amide bonds. The number of halogens is 2. The van der Waals surface area contributed by atoms with Gasteiger partial charge in [-0.15, -0.1) is 0 Å². The molecular formula is C15H14ClFN2O. The van der Waals surface area contributed by atoms with E-state index in [1.165, 1.54) is 18.2 Å². The summed E-state index contributed by atoms with van der Waals surface area (Å²) < 4.78 is 18.5. The zero-order valence-corrected chi connectivity index (χ0v) is 11.7. The van der Waals surface area contributed by atoms with E-state index in [-0.39, 0.29) is 10.8 Å². The third-order valence-corrected chi connectivity index (χ3v) is 3.12. The Labute approximate surface area is 121 Å². The number of ether oxygens (including phenoxy) is 1. The Morgan fingerprint density at radius 2 is 2.10 bits per heavy atom. The molecule has 2 rings (SSSR count). The molecule has 0 aliphatic carbocycles. The number of nitrogens with zero attached hydrogens (tertiary/aromatic N) is 1. The Morgan fingerprint density at radius 3 is 2.80 bits per heavy atom. The van der Waals surface area contributed by atoms with Gasteiger partial charge in [-0.1, -0.05) is 29.8 Å². The van der Waals surface area contributed by atoms with E-state index in [4.69, 9.17) is 22.2 Å². The summed E-state index contributed by atoms with van der Waals surface area (Å²) in [6.45, 7) is 2.16. The zero-order chi connectivity index (χ0) is 14.5. The Kier molecular flexibility index (Phi) is 4.58. The van der Waals surface area contributed by atoms with Crippen molar-refractivity contribution in [1.29, 1.82) is 0 Å². The highest BCUT2D eigenvalue weighted by atomic mass is 35.5. The Bertz CT molecular complexity index is 644. The summed E-state index contributed by atoms with van der Waals surface area (Å²) in [6.07, 6.45) is 0. The van der Waals surface area contributed by atoms with Crippen LogP contribution in [0.15, 0.2) is 47.6 Å². The van der Waals surface area contributed by atoms with E-state index < -0.39 is 0 Å². The van der Waals surface area contributed by atoms with Crippen molar-refractivity contribution in [2.24, 2.45) is 10.9 Å². The number of hydrogen-bond donors (Lipinski definition) is 1. The second-order valence-electron chi connectivity index (χ2n) is 4.28. The maximum absolute atomic E-state index is 12.9. The topological polar surface area (TPSA) is 47.6 Å². The first-order valence-corrected chi connectivity index (χ1v) is 6.39. The number of rotatable bonds is 4. The molecule has 0 unspecified atom stereocenters. The van der Waals surface area contributed by atoms with Crippen LogP contribution in [0.3, 0.4) is 0 Å². The van der Waals surface area contributed by atoms with Gasteiger partial charge in [0, 0.05) is 0 Å². The molecule has 20 heavy (non-hydrogen) atoms. The van der Waals surface area contributed by atoms with Crippen LogP contribution < -0.4 is 10.6 Å². The van der Waals surface area contributed by atoms with Crippen LogP contribution in [0.4, 0.5) is 4.39 Å². The van der Waals surface area contributed by atoms with Crippen molar-refractivity contribution >= 4 is 17.3 Å². The number of hydrazone groups is 1. The number of nitrogens with two attached hydrogens (primary N) is 1. The molecule has 0 aromatic heterocycles. The molecule has 0 bridgehead atoms. The van der Waals surface area contributed by atoms with Gasteiger partial charge in [0.15, 0.2) is 0 Å². The van der Waals surface area contributed by atoms with E-state index in [9.17, 15) is 4.39 Å². The van der Waals surface area contributed by atoms with Gasteiger partial charge in [0.05, 0.1) is 10.7 Å². The summed E-state index contributed by atoms with van der Waals surface area (Å²) in [5, 5.41) is 3.91. The summed E-state index contributed by atoms with van der Waals surface area (Å²) in [5.41, 5.74) is 2.62. The highest BCUT2D eigenvalue weighted by molar-refractivity contribution is 6.32. The zero-order valence-electron chi connectivity index (χ0n) is 10.9. The summed E-state index contributed by atoms with van der Waals surface area (Å²) in [5.74, 6) is 5.31. The molecular weight excluding hydrogens is 279 g/mol. The molecule has 2 aromatic carbocycles. The van der Waals surface area contributed by atoms with Gasteiger partial charge in [0.25, 0.3) is 0 Å². The van der Waals surface area contributed by atoms with E-state index >= 15 is 0 Å². The molecule has 0 saturated heterocycles. The third kappa shape index (κ3) is 3.48. The molecule has 0 atom stereocenters. The molecule has 104 valence electrons. The molecule has 0 radical (unpaired) electrons. The van der Waals surface area contributed by atoms with E-state index in [0.717, 1.165) is 16.8 Å². The summed E-state index contributed by atoms with van der Waals surface area (Å²) in [7, 11) is 0. The van der Waals surface area contributed by atoms with E-state index in [0.29, 0.717) is 12.4 Å². The van der Waals surface area contributed by atoms with E-state index in [1.807, 2.05) is 31.2 Å². The maximum Gasteiger partial charge on any atom is 0.138 e. The van der Waals surface area contributed by atoms with Gasteiger partial charge in [-0.25, -0.2) is 4.39 Å². The Balaban J connectivity index is 2.11. The monoisotopic (exact) mass is 292 g/mol. The van der Waals surface area contributed by atoms with Crippen molar-refractivity contribution < 1.29 is 9.13 Å². The van der Waals surface area contributed by atoms with Crippen molar-refractivity contribution in [1.82, 2.24) is 0 Å². The summed E-state index contributed by atoms with van der Waals surface area (Å²) in [6, 6.07) is 11.7. The van der Waals surface area contributed by atoms with Gasteiger partial charge >= 0.3 is 0 Å². The molecule has 0 saturated carbocycles. The lowest BCUT2D eigenvalue weighted by Crippen LogP contribution is -2.01. The molecule has 2 N–H and O–H groups in total. The van der Waals surface area contributed by atoms with Gasteiger partial charge in [0.1, 0.15) is 18.2 Å². The van der Waals surface area contributed by atoms with Gasteiger partial charge in [-0.05, 0) is 42.3 Å². The molecule has 0 spiro atoms. The minimum atomic E-state index is -0.390. The van der Waals surface area contributed by atoms with Crippen molar-refractivity contribution in [2.45, 2.75) is 13.5 Å². The molecule has 0 heterocycles. The minimum Gasteiger partial charge on any atom is -0.487 e. The van der Waals surface area contributed by atoms with Crippen LogP contribution in [-0.4, -0.2) is 5.71 Å².